The fourth-order valence-electron chi connectivity index (χ4n) is 1.59. The van der Waals surface area contributed by atoms with E-state index in [1.165, 1.54) is 6.07 Å². The SMILES string of the molecule is NNc1cccc(NCc2csc(=O)[nH]2)c1[N+](=O)[O-]. The van der Waals surface area contributed by atoms with Gasteiger partial charge in [-0.3, -0.25) is 20.8 Å². The smallest absolute Gasteiger partial charge is 0.316 e. The van der Waals surface area contributed by atoms with Crippen molar-refractivity contribution < 1.29 is 4.92 Å². The van der Waals surface area contributed by atoms with Gasteiger partial charge in [-0.05, 0) is 12.1 Å². The number of aromatic nitrogens is 1. The minimum Gasteiger partial charge on any atom is -0.374 e. The molecule has 0 unspecified atom stereocenters. The van der Waals surface area contributed by atoms with Crippen LogP contribution in [0, 0.1) is 10.1 Å². The second-order valence-corrected chi connectivity index (χ2v) is 4.47. The summed E-state index contributed by atoms with van der Waals surface area (Å²) in [4.78, 5) is 23.9. The molecule has 8 nitrogen and oxygen atoms in total. The van der Waals surface area contributed by atoms with Crippen LogP contribution in [-0.2, 0) is 6.54 Å². The van der Waals surface area contributed by atoms with E-state index < -0.39 is 4.92 Å². The Kier molecular flexibility index (Phi) is 3.78. The van der Waals surface area contributed by atoms with Crippen LogP contribution in [0.4, 0.5) is 17.1 Å². The molecule has 19 heavy (non-hydrogen) atoms. The number of para-hydroxylation sites is 1. The number of thiazole rings is 1. The summed E-state index contributed by atoms with van der Waals surface area (Å²) >= 11 is 1.04. The first-order valence-electron chi connectivity index (χ1n) is 5.26. The van der Waals surface area contributed by atoms with Crippen LogP contribution >= 0.6 is 11.3 Å². The Balaban J connectivity index is 2.24. The van der Waals surface area contributed by atoms with Gasteiger partial charge >= 0.3 is 10.6 Å². The fraction of sp³-hybridized carbons (Fsp3) is 0.100. The lowest BCUT2D eigenvalue weighted by Crippen LogP contribution is -2.11. The van der Waals surface area contributed by atoms with E-state index in [-0.39, 0.29) is 22.8 Å². The second kappa shape index (κ2) is 5.50. The second-order valence-electron chi connectivity index (χ2n) is 3.63. The van der Waals surface area contributed by atoms with Crippen LogP contribution in [0.1, 0.15) is 5.69 Å². The van der Waals surface area contributed by atoms with Crippen LogP contribution in [-0.4, -0.2) is 9.91 Å². The molecule has 0 saturated heterocycles. The van der Waals surface area contributed by atoms with Gasteiger partial charge in [-0.15, -0.1) is 0 Å². The van der Waals surface area contributed by atoms with Gasteiger partial charge in [-0.2, -0.15) is 0 Å². The number of H-pyrrole nitrogens is 1. The summed E-state index contributed by atoms with van der Waals surface area (Å²) in [6.45, 7) is 0.285. The quantitative estimate of drug-likeness (QED) is 0.371. The number of aromatic amines is 1. The van der Waals surface area contributed by atoms with E-state index >= 15 is 0 Å². The number of nitro benzene ring substituents is 1. The lowest BCUT2D eigenvalue weighted by molar-refractivity contribution is -0.383. The van der Waals surface area contributed by atoms with Crippen molar-refractivity contribution in [2.45, 2.75) is 6.54 Å². The zero-order valence-corrected chi connectivity index (χ0v) is 10.5. The van der Waals surface area contributed by atoms with Crippen LogP contribution in [0.25, 0.3) is 0 Å². The monoisotopic (exact) mass is 281 g/mol. The van der Waals surface area contributed by atoms with E-state index in [2.05, 4.69) is 15.7 Å². The third-order valence-electron chi connectivity index (χ3n) is 2.41. The lowest BCUT2D eigenvalue weighted by Gasteiger charge is -2.08. The molecule has 0 amide bonds. The Labute approximate surface area is 111 Å². The molecule has 0 saturated carbocycles. The molecule has 0 spiro atoms. The van der Waals surface area contributed by atoms with Gasteiger partial charge in [0.15, 0.2) is 0 Å². The predicted molar refractivity (Wildman–Crippen MR) is 73.2 cm³/mol. The lowest BCUT2D eigenvalue weighted by atomic mass is 10.2. The van der Waals surface area contributed by atoms with E-state index in [1.807, 2.05) is 0 Å². The average Bonchev–Trinajstić information content (AvgIpc) is 2.81. The molecule has 0 aliphatic carbocycles. The molecule has 2 rings (SSSR count). The van der Waals surface area contributed by atoms with Gasteiger partial charge in [0, 0.05) is 11.1 Å². The summed E-state index contributed by atoms with van der Waals surface area (Å²) in [7, 11) is 0. The van der Waals surface area contributed by atoms with E-state index in [4.69, 9.17) is 5.84 Å². The van der Waals surface area contributed by atoms with Crippen molar-refractivity contribution in [1.82, 2.24) is 4.98 Å². The molecule has 5 N–H and O–H groups in total. The number of benzene rings is 1. The molecular weight excluding hydrogens is 270 g/mol. The van der Waals surface area contributed by atoms with Crippen LogP contribution in [0.5, 0.6) is 0 Å². The molecule has 1 aromatic heterocycles. The van der Waals surface area contributed by atoms with Gasteiger partial charge < -0.3 is 15.7 Å². The van der Waals surface area contributed by atoms with E-state index in [9.17, 15) is 14.9 Å². The minimum absolute atomic E-state index is 0.137. The first kappa shape index (κ1) is 13.1. The van der Waals surface area contributed by atoms with E-state index in [0.29, 0.717) is 11.4 Å². The van der Waals surface area contributed by atoms with Gasteiger partial charge in [0.1, 0.15) is 11.4 Å². The number of nitrogens with one attached hydrogen (secondary N) is 3. The van der Waals surface area contributed by atoms with Crippen molar-refractivity contribution in [2.75, 3.05) is 10.7 Å². The number of nitrogen functional groups attached to an aromatic ring is 1. The Morgan fingerprint density at radius 3 is 2.74 bits per heavy atom. The molecule has 0 fully saturated rings. The molecule has 0 atom stereocenters. The zero-order valence-electron chi connectivity index (χ0n) is 9.67. The highest BCUT2D eigenvalue weighted by Gasteiger charge is 2.18. The molecule has 0 bridgehead atoms. The maximum Gasteiger partial charge on any atom is 0.316 e. The van der Waals surface area contributed by atoms with E-state index in [0.717, 1.165) is 11.3 Å². The van der Waals surface area contributed by atoms with Crippen LogP contribution < -0.4 is 21.5 Å². The summed E-state index contributed by atoms with van der Waals surface area (Å²) in [5.41, 5.74) is 3.35. The number of hydrazine groups is 1. The van der Waals surface area contributed by atoms with Crippen LogP contribution in [0.2, 0.25) is 0 Å². The third kappa shape index (κ3) is 2.89. The Morgan fingerprint density at radius 2 is 2.16 bits per heavy atom. The Hall–Kier alpha value is -2.39. The van der Waals surface area contributed by atoms with Crippen molar-refractivity contribution >= 4 is 28.4 Å². The van der Waals surface area contributed by atoms with E-state index in [1.54, 1.807) is 17.5 Å². The van der Waals surface area contributed by atoms with Gasteiger partial charge in [0.25, 0.3) is 0 Å². The van der Waals surface area contributed by atoms with Crippen molar-refractivity contribution in [3.63, 3.8) is 0 Å². The largest absolute Gasteiger partial charge is 0.374 e. The normalized spacial score (nSPS) is 10.2. The summed E-state index contributed by atoms with van der Waals surface area (Å²) in [5, 5.41) is 15.6. The standard InChI is InChI=1S/C10H11N5O3S/c11-14-8-3-1-2-7(9(8)15(17)18)12-4-6-5-19-10(16)13-6/h1-3,5,12,14H,4,11H2,(H,13,16). The Morgan fingerprint density at radius 1 is 1.42 bits per heavy atom. The molecule has 9 heteroatoms. The molecule has 0 aliphatic heterocycles. The van der Waals surface area contributed by atoms with Crippen LogP contribution in [0.3, 0.4) is 0 Å². The number of nitrogens with zero attached hydrogens (tertiary/aromatic N) is 1. The first-order chi connectivity index (χ1) is 9.11. The summed E-state index contributed by atoms with van der Waals surface area (Å²) in [5.74, 6) is 5.24. The van der Waals surface area contributed by atoms with Gasteiger partial charge in [0.05, 0.1) is 11.5 Å². The maximum atomic E-state index is 11.0. The molecule has 1 aromatic carbocycles. The van der Waals surface area contributed by atoms with Gasteiger partial charge in [-0.25, -0.2) is 0 Å². The van der Waals surface area contributed by atoms with Gasteiger partial charge in [-0.1, -0.05) is 17.4 Å². The molecular formula is C10H11N5O3S. The number of anilines is 2. The highest BCUT2D eigenvalue weighted by Crippen LogP contribution is 2.32. The first-order valence-corrected chi connectivity index (χ1v) is 6.14. The highest BCUT2D eigenvalue weighted by molar-refractivity contribution is 7.07. The summed E-state index contributed by atoms with van der Waals surface area (Å²) in [6, 6.07) is 4.72. The number of hydrogen-bond acceptors (Lipinski definition) is 7. The number of nitrogens with two attached hydrogens (primary N) is 1. The average molecular weight is 281 g/mol. The number of nitro groups is 1. The minimum atomic E-state index is -0.520. The van der Waals surface area contributed by atoms with Crippen molar-refractivity contribution in [2.24, 2.45) is 5.84 Å². The van der Waals surface area contributed by atoms with Crippen molar-refractivity contribution in [1.29, 1.82) is 0 Å². The molecule has 100 valence electrons. The highest BCUT2D eigenvalue weighted by atomic mass is 32.1. The molecule has 0 aliphatic rings. The number of rotatable bonds is 5. The third-order valence-corrected chi connectivity index (χ3v) is 3.13. The van der Waals surface area contributed by atoms with Crippen molar-refractivity contribution in [3.05, 3.63) is 49.1 Å². The molecule has 2 aromatic rings. The van der Waals surface area contributed by atoms with Crippen molar-refractivity contribution in [3.8, 4) is 0 Å². The summed E-state index contributed by atoms with van der Waals surface area (Å²) in [6.07, 6.45) is 0. The molecule has 0 radical (unpaired) electrons. The van der Waals surface area contributed by atoms with Crippen LogP contribution in [0.15, 0.2) is 28.4 Å². The predicted octanol–water partition coefficient (Wildman–Crippen LogP) is 1.24. The fourth-order valence-corrected chi connectivity index (χ4v) is 2.17. The number of hydrogen-bond donors (Lipinski definition) is 4. The van der Waals surface area contributed by atoms with Gasteiger partial charge in [0.2, 0.25) is 0 Å². The topological polar surface area (TPSA) is 126 Å². The Bertz CT molecular complexity index is 651. The summed E-state index contributed by atoms with van der Waals surface area (Å²) < 4.78 is 0. The maximum absolute atomic E-state index is 11.0. The molecule has 1 heterocycles. The zero-order chi connectivity index (χ0) is 13.8.